The van der Waals surface area contributed by atoms with Gasteiger partial charge in [0.15, 0.2) is 11.6 Å². The fourth-order valence-electron chi connectivity index (χ4n) is 2.09. The van der Waals surface area contributed by atoms with Crippen molar-refractivity contribution in [3.63, 3.8) is 0 Å². The average molecular weight is 357 g/mol. The summed E-state index contributed by atoms with van der Waals surface area (Å²) in [6.07, 6.45) is -0.557. The van der Waals surface area contributed by atoms with Crippen molar-refractivity contribution in [3.8, 4) is 5.75 Å². The quantitative estimate of drug-likeness (QED) is 0.796. The second-order valence-electron chi connectivity index (χ2n) is 5.29. The number of alkyl halides is 2. The molecule has 0 aliphatic carbocycles. The number of halogens is 5. The zero-order valence-corrected chi connectivity index (χ0v) is 13.1. The van der Waals surface area contributed by atoms with Crippen molar-refractivity contribution in [2.45, 2.75) is 31.4 Å². The predicted molar refractivity (Wildman–Crippen MR) is 78.1 cm³/mol. The van der Waals surface area contributed by atoms with Gasteiger partial charge < -0.3 is 10.1 Å². The van der Waals surface area contributed by atoms with Gasteiger partial charge in [-0.25, -0.2) is 17.6 Å². The molecule has 1 aromatic rings. The molecule has 1 amide bonds. The van der Waals surface area contributed by atoms with Crippen molar-refractivity contribution in [2.24, 2.45) is 0 Å². The minimum Gasteiger partial charge on any atom is -0.488 e. The molecule has 0 spiro atoms. The van der Waals surface area contributed by atoms with Gasteiger partial charge in [-0.15, -0.1) is 12.4 Å². The molecule has 4 nitrogen and oxygen atoms in total. The lowest BCUT2D eigenvalue weighted by Gasteiger charge is -2.18. The van der Waals surface area contributed by atoms with Crippen molar-refractivity contribution < 1.29 is 27.1 Å². The Morgan fingerprint density at radius 3 is 2.74 bits per heavy atom. The second-order valence-corrected chi connectivity index (χ2v) is 5.29. The Morgan fingerprint density at radius 2 is 2.17 bits per heavy atom. The molecule has 130 valence electrons. The molecule has 0 radical (unpaired) electrons. The number of hydrogen-bond acceptors (Lipinski definition) is 3. The van der Waals surface area contributed by atoms with Gasteiger partial charge in [0.05, 0.1) is 18.6 Å². The van der Waals surface area contributed by atoms with Crippen molar-refractivity contribution in [1.82, 2.24) is 10.6 Å². The van der Waals surface area contributed by atoms with Crippen LogP contribution in [0.25, 0.3) is 0 Å². The molecule has 0 bridgehead atoms. The van der Waals surface area contributed by atoms with Crippen LogP contribution in [0.3, 0.4) is 0 Å². The van der Waals surface area contributed by atoms with Crippen LogP contribution >= 0.6 is 12.4 Å². The first-order valence-corrected chi connectivity index (χ1v) is 6.76. The van der Waals surface area contributed by atoms with Gasteiger partial charge in [-0.1, -0.05) is 0 Å². The zero-order chi connectivity index (χ0) is 16.3. The van der Waals surface area contributed by atoms with E-state index < -0.39 is 48.5 Å². The van der Waals surface area contributed by atoms with E-state index in [1.165, 1.54) is 0 Å². The molecule has 2 N–H and O–H groups in total. The molecule has 1 aliphatic heterocycles. The first-order valence-electron chi connectivity index (χ1n) is 6.76. The zero-order valence-electron chi connectivity index (χ0n) is 12.2. The largest absolute Gasteiger partial charge is 0.488 e. The van der Waals surface area contributed by atoms with E-state index in [2.05, 4.69) is 10.6 Å². The van der Waals surface area contributed by atoms with Crippen molar-refractivity contribution in [1.29, 1.82) is 0 Å². The number of carbonyl (C=O) groups is 1. The molecule has 1 saturated heterocycles. The molecule has 1 heterocycles. The van der Waals surface area contributed by atoms with Crippen LogP contribution in [-0.2, 0) is 4.79 Å². The number of amides is 1. The van der Waals surface area contributed by atoms with E-state index in [-0.39, 0.29) is 24.8 Å². The van der Waals surface area contributed by atoms with Gasteiger partial charge in [0.2, 0.25) is 5.91 Å². The third-order valence-electron chi connectivity index (χ3n) is 3.20. The summed E-state index contributed by atoms with van der Waals surface area (Å²) in [5, 5.41) is 4.94. The van der Waals surface area contributed by atoms with Crippen LogP contribution in [0.15, 0.2) is 18.2 Å². The van der Waals surface area contributed by atoms with E-state index in [9.17, 15) is 22.4 Å². The molecule has 9 heteroatoms. The predicted octanol–water partition coefficient (Wildman–Crippen LogP) is 2.27. The summed E-state index contributed by atoms with van der Waals surface area (Å²) >= 11 is 0. The highest BCUT2D eigenvalue weighted by atomic mass is 35.5. The first kappa shape index (κ1) is 19.5. The Bertz CT molecular complexity index is 560. The molecule has 0 aromatic heterocycles. The smallest absolute Gasteiger partial charge is 0.262 e. The topological polar surface area (TPSA) is 50.4 Å². The molecule has 2 unspecified atom stereocenters. The number of nitrogens with one attached hydrogen (secondary N) is 2. The van der Waals surface area contributed by atoms with Gasteiger partial charge in [-0.05, 0) is 19.1 Å². The molecule has 0 saturated carbocycles. The molecule has 23 heavy (non-hydrogen) atoms. The maximum atomic E-state index is 13.3. The Labute approximate surface area is 137 Å². The summed E-state index contributed by atoms with van der Waals surface area (Å²) in [5.41, 5.74) is 0. The Balaban J connectivity index is 0.00000264. The monoisotopic (exact) mass is 356 g/mol. The molecule has 2 rings (SSSR count). The summed E-state index contributed by atoms with van der Waals surface area (Å²) in [7, 11) is 0. The minimum atomic E-state index is -2.89. The molecular formula is C14H17ClF4N2O2. The molecule has 1 aromatic carbocycles. The van der Waals surface area contributed by atoms with Gasteiger partial charge in [-0.3, -0.25) is 10.1 Å². The number of ether oxygens (including phenoxy) is 1. The second kappa shape index (κ2) is 7.83. The summed E-state index contributed by atoms with van der Waals surface area (Å²) in [6, 6.07) is 1.39. The maximum Gasteiger partial charge on any atom is 0.262 e. The highest BCUT2D eigenvalue weighted by Gasteiger charge is 2.42. The van der Waals surface area contributed by atoms with Crippen molar-refractivity contribution in [2.75, 3.05) is 13.2 Å². The Hall–Kier alpha value is -1.54. The normalized spacial score (nSPS) is 20.5. The van der Waals surface area contributed by atoms with Crippen LogP contribution in [-0.4, -0.2) is 37.1 Å². The van der Waals surface area contributed by atoms with Crippen LogP contribution < -0.4 is 15.4 Å². The summed E-state index contributed by atoms with van der Waals surface area (Å²) in [5.74, 6) is -5.17. The Kier molecular flexibility index (Phi) is 6.64. The lowest BCUT2D eigenvalue weighted by Crippen LogP contribution is -2.46. The fourth-order valence-corrected chi connectivity index (χ4v) is 2.09. The number of rotatable bonds is 5. The van der Waals surface area contributed by atoms with Gasteiger partial charge in [0.25, 0.3) is 5.92 Å². The SMILES string of the molecule is CC(COc1ccc(F)cc1F)NC(=O)C1CC(F)(F)CN1.Cl. The summed E-state index contributed by atoms with van der Waals surface area (Å²) < 4.78 is 57.2. The van der Waals surface area contributed by atoms with E-state index in [1.54, 1.807) is 6.92 Å². The lowest BCUT2D eigenvalue weighted by molar-refractivity contribution is -0.124. The third-order valence-corrected chi connectivity index (χ3v) is 3.20. The summed E-state index contributed by atoms with van der Waals surface area (Å²) in [6.45, 7) is 0.987. The minimum absolute atomic E-state index is 0. The van der Waals surface area contributed by atoms with Gasteiger partial charge >= 0.3 is 0 Å². The van der Waals surface area contributed by atoms with Gasteiger partial charge in [0, 0.05) is 12.5 Å². The van der Waals surface area contributed by atoms with E-state index in [0.717, 1.165) is 12.1 Å². The fraction of sp³-hybridized carbons (Fsp3) is 0.500. The number of benzene rings is 1. The molecule has 1 fully saturated rings. The van der Waals surface area contributed by atoms with E-state index >= 15 is 0 Å². The van der Waals surface area contributed by atoms with Crippen LogP contribution in [0.4, 0.5) is 17.6 Å². The van der Waals surface area contributed by atoms with E-state index in [1.807, 2.05) is 0 Å². The highest BCUT2D eigenvalue weighted by molar-refractivity contribution is 5.85. The maximum absolute atomic E-state index is 13.3. The van der Waals surface area contributed by atoms with Crippen LogP contribution in [0.5, 0.6) is 5.75 Å². The van der Waals surface area contributed by atoms with E-state index in [0.29, 0.717) is 6.07 Å². The molecule has 2 atom stereocenters. The average Bonchev–Trinajstić information content (AvgIpc) is 2.78. The number of carbonyl (C=O) groups excluding carboxylic acids is 1. The first-order chi connectivity index (χ1) is 10.3. The van der Waals surface area contributed by atoms with Crippen molar-refractivity contribution >= 4 is 18.3 Å². The lowest BCUT2D eigenvalue weighted by atomic mass is 10.1. The Morgan fingerprint density at radius 1 is 1.48 bits per heavy atom. The van der Waals surface area contributed by atoms with Crippen molar-refractivity contribution in [3.05, 3.63) is 29.8 Å². The van der Waals surface area contributed by atoms with Gasteiger partial charge in [0.1, 0.15) is 12.4 Å². The standard InChI is InChI=1S/C14H16F4N2O2.ClH/c1-8(6-22-12-3-2-9(15)4-10(12)16)20-13(21)11-5-14(17,18)7-19-11;/h2-4,8,11,19H,5-7H2,1H3,(H,20,21);1H. The van der Waals surface area contributed by atoms with Crippen LogP contribution in [0.1, 0.15) is 13.3 Å². The van der Waals surface area contributed by atoms with Crippen LogP contribution in [0, 0.1) is 11.6 Å². The van der Waals surface area contributed by atoms with Gasteiger partial charge in [-0.2, -0.15) is 0 Å². The van der Waals surface area contributed by atoms with Crippen LogP contribution in [0.2, 0.25) is 0 Å². The van der Waals surface area contributed by atoms with E-state index in [4.69, 9.17) is 4.74 Å². The number of hydrogen-bond donors (Lipinski definition) is 2. The summed E-state index contributed by atoms with van der Waals surface area (Å²) in [4.78, 5) is 11.8. The molecule has 1 aliphatic rings. The molecular weight excluding hydrogens is 340 g/mol. The highest BCUT2D eigenvalue weighted by Crippen LogP contribution is 2.25. The third kappa shape index (κ3) is 5.54.